The highest BCUT2D eigenvalue weighted by atomic mass is 16.6. The Labute approximate surface area is 109 Å². The van der Waals surface area contributed by atoms with Crippen molar-refractivity contribution in [2.75, 3.05) is 7.11 Å². The van der Waals surface area contributed by atoms with Gasteiger partial charge in [0.25, 0.3) is 5.69 Å². The molecule has 1 N–H and O–H groups in total. The van der Waals surface area contributed by atoms with Gasteiger partial charge in [0, 0.05) is 6.07 Å². The number of nitro groups is 1. The van der Waals surface area contributed by atoms with Gasteiger partial charge in [-0.25, -0.2) is 4.79 Å². The van der Waals surface area contributed by atoms with Crippen LogP contribution in [0.3, 0.4) is 0 Å². The van der Waals surface area contributed by atoms with Gasteiger partial charge >= 0.3 is 5.97 Å². The molecule has 1 rings (SSSR count). The number of carboxylic acid groups (broad SMARTS) is 1. The van der Waals surface area contributed by atoms with Gasteiger partial charge in [-0.05, 0) is 12.5 Å². The molecule has 1 atom stereocenters. The molecule has 1 aromatic rings. The molecule has 7 nitrogen and oxygen atoms in total. The molecule has 0 aliphatic heterocycles. The lowest BCUT2D eigenvalue weighted by Gasteiger charge is -2.16. The summed E-state index contributed by atoms with van der Waals surface area (Å²) in [6.45, 7) is 1.82. The molecule has 0 saturated heterocycles. The van der Waals surface area contributed by atoms with Crippen LogP contribution in [-0.2, 0) is 4.79 Å². The zero-order valence-electron chi connectivity index (χ0n) is 10.7. The van der Waals surface area contributed by atoms with E-state index in [0.29, 0.717) is 12.8 Å². The number of rotatable bonds is 7. The van der Waals surface area contributed by atoms with Gasteiger partial charge in [-0.3, -0.25) is 10.1 Å². The van der Waals surface area contributed by atoms with Gasteiger partial charge in [-0.2, -0.15) is 0 Å². The largest absolute Gasteiger partial charge is 0.493 e. The summed E-state index contributed by atoms with van der Waals surface area (Å²) in [5, 5.41) is 19.7. The number of ether oxygens (including phenoxy) is 2. The average molecular weight is 269 g/mol. The van der Waals surface area contributed by atoms with Gasteiger partial charge in [0.15, 0.2) is 17.6 Å². The van der Waals surface area contributed by atoms with Crippen LogP contribution in [0.1, 0.15) is 19.8 Å². The average Bonchev–Trinajstić information content (AvgIpc) is 2.37. The lowest BCUT2D eigenvalue weighted by Crippen LogP contribution is -2.26. The minimum Gasteiger partial charge on any atom is -0.493 e. The van der Waals surface area contributed by atoms with Gasteiger partial charge in [0.05, 0.1) is 18.1 Å². The van der Waals surface area contributed by atoms with Crippen LogP contribution in [-0.4, -0.2) is 29.2 Å². The summed E-state index contributed by atoms with van der Waals surface area (Å²) in [7, 11) is 1.38. The normalized spacial score (nSPS) is 11.7. The highest BCUT2D eigenvalue weighted by Crippen LogP contribution is 2.32. The Kier molecular flexibility index (Phi) is 5.11. The number of carbonyl (C=O) groups is 1. The molecule has 0 saturated carbocycles. The van der Waals surface area contributed by atoms with E-state index < -0.39 is 17.0 Å². The molecule has 0 fully saturated rings. The molecule has 1 unspecified atom stereocenters. The van der Waals surface area contributed by atoms with E-state index in [4.69, 9.17) is 14.6 Å². The van der Waals surface area contributed by atoms with E-state index in [1.54, 1.807) is 0 Å². The van der Waals surface area contributed by atoms with Crippen LogP contribution in [0.2, 0.25) is 0 Å². The second kappa shape index (κ2) is 6.58. The van der Waals surface area contributed by atoms with E-state index >= 15 is 0 Å². The third kappa shape index (κ3) is 3.84. The van der Waals surface area contributed by atoms with Crippen molar-refractivity contribution >= 4 is 11.7 Å². The number of non-ortho nitro benzene ring substituents is 1. The van der Waals surface area contributed by atoms with Crippen LogP contribution in [0, 0.1) is 10.1 Å². The van der Waals surface area contributed by atoms with E-state index in [9.17, 15) is 14.9 Å². The predicted molar refractivity (Wildman–Crippen MR) is 66.6 cm³/mol. The minimum atomic E-state index is -1.12. The van der Waals surface area contributed by atoms with Crippen molar-refractivity contribution in [2.24, 2.45) is 0 Å². The fourth-order valence-corrected chi connectivity index (χ4v) is 1.52. The first-order valence-electron chi connectivity index (χ1n) is 5.71. The monoisotopic (exact) mass is 269 g/mol. The molecule has 0 heterocycles. The first-order chi connectivity index (χ1) is 8.99. The standard InChI is InChI=1S/C12H15NO6/c1-3-4-10(12(14)15)19-11-7-8(13(16)17)5-6-9(11)18-2/h5-7,10H,3-4H2,1-2H3,(H,14,15). The Morgan fingerprint density at radius 3 is 2.63 bits per heavy atom. The van der Waals surface area contributed by atoms with Gasteiger partial charge in [0.2, 0.25) is 0 Å². The van der Waals surface area contributed by atoms with Crippen molar-refractivity contribution in [2.45, 2.75) is 25.9 Å². The number of hydrogen-bond donors (Lipinski definition) is 1. The summed E-state index contributed by atoms with van der Waals surface area (Å²) < 4.78 is 10.3. The maximum Gasteiger partial charge on any atom is 0.344 e. The Balaban J connectivity index is 3.05. The van der Waals surface area contributed by atoms with Crippen molar-refractivity contribution in [3.8, 4) is 11.5 Å². The summed E-state index contributed by atoms with van der Waals surface area (Å²) in [5.74, 6) is -0.805. The lowest BCUT2D eigenvalue weighted by molar-refractivity contribution is -0.385. The first kappa shape index (κ1) is 14.7. The zero-order valence-corrected chi connectivity index (χ0v) is 10.7. The highest BCUT2D eigenvalue weighted by Gasteiger charge is 2.21. The number of nitro benzene ring substituents is 1. The van der Waals surface area contributed by atoms with E-state index in [1.807, 2.05) is 6.92 Å². The molecule has 1 aromatic carbocycles. The predicted octanol–water partition coefficient (Wildman–Crippen LogP) is 2.24. The molecule has 0 bridgehead atoms. The quantitative estimate of drug-likeness (QED) is 0.602. The number of methoxy groups -OCH3 is 1. The molecule has 0 amide bonds. The molecule has 104 valence electrons. The lowest BCUT2D eigenvalue weighted by atomic mass is 10.2. The Bertz CT molecular complexity index is 473. The van der Waals surface area contributed by atoms with Gasteiger partial charge in [-0.15, -0.1) is 0 Å². The summed E-state index contributed by atoms with van der Waals surface area (Å²) in [6, 6.07) is 3.80. The first-order valence-corrected chi connectivity index (χ1v) is 5.71. The molecule has 0 spiro atoms. The Morgan fingerprint density at radius 2 is 2.16 bits per heavy atom. The van der Waals surface area contributed by atoms with Gasteiger partial charge in [-0.1, -0.05) is 13.3 Å². The summed E-state index contributed by atoms with van der Waals surface area (Å²) in [5.41, 5.74) is -0.184. The number of carboxylic acids is 1. The SMILES string of the molecule is CCCC(Oc1cc([N+](=O)[O-])ccc1OC)C(=O)O. The second-order valence-electron chi connectivity index (χ2n) is 3.83. The molecule has 0 radical (unpaired) electrons. The van der Waals surface area contributed by atoms with Crippen LogP contribution in [0.25, 0.3) is 0 Å². The molecule has 0 aromatic heterocycles. The van der Waals surface area contributed by atoms with Crippen molar-refractivity contribution in [3.63, 3.8) is 0 Å². The topological polar surface area (TPSA) is 98.9 Å². The maximum absolute atomic E-state index is 11.0. The number of nitrogens with zero attached hydrogens (tertiary/aromatic N) is 1. The number of aliphatic carboxylic acids is 1. The summed E-state index contributed by atoms with van der Waals surface area (Å²) >= 11 is 0. The summed E-state index contributed by atoms with van der Waals surface area (Å²) in [4.78, 5) is 21.1. The fourth-order valence-electron chi connectivity index (χ4n) is 1.52. The van der Waals surface area contributed by atoms with Crippen LogP contribution in [0.5, 0.6) is 11.5 Å². The maximum atomic E-state index is 11.0. The molecule has 0 aliphatic carbocycles. The van der Waals surface area contributed by atoms with Crippen molar-refractivity contribution < 1.29 is 24.3 Å². The Hall–Kier alpha value is -2.31. The highest BCUT2D eigenvalue weighted by molar-refractivity contribution is 5.73. The minimum absolute atomic E-state index is 0.0533. The van der Waals surface area contributed by atoms with Crippen LogP contribution >= 0.6 is 0 Å². The van der Waals surface area contributed by atoms with Crippen LogP contribution in [0.15, 0.2) is 18.2 Å². The number of hydrogen-bond acceptors (Lipinski definition) is 5. The van der Waals surface area contributed by atoms with Crippen molar-refractivity contribution in [3.05, 3.63) is 28.3 Å². The zero-order chi connectivity index (χ0) is 14.4. The molecule has 0 aliphatic rings. The van der Waals surface area contributed by atoms with E-state index in [0.717, 1.165) is 6.07 Å². The third-order valence-electron chi connectivity index (χ3n) is 2.45. The fraction of sp³-hybridized carbons (Fsp3) is 0.417. The van der Waals surface area contributed by atoms with Crippen LogP contribution in [0.4, 0.5) is 5.69 Å². The molecular formula is C12H15NO6. The summed E-state index contributed by atoms with van der Waals surface area (Å²) in [6.07, 6.45) is -0.129. The van der Waals surface area contributed by atoms with Crippen molar-refractivity contribution in [1.82, 2.24) is 0 Å². The van der Waals surface area contributed by atoms with Crippen molar-refractivity contribution in [1.29, 1.82) is 0 Å². The van der Waals surface area contributed by atoms with E-state index in [-0.39, 0.29) is 17.2 Å². The molecule has 7 heteroatoms. The van der Waals surface area contributed by atoms with E-state index in [2.05, 4.69) is 0 Å². The smallest absolute Gasteiger partial charge is 0.344 e. The van der Waals surface area contributed by atoms with Crippen LogP contribution < -0.4 is 9.47 Å². The third-order valence-corrected chi connectivity index (χ3v) is 2.45. The molecular weight excluding hydrogens is 254 g/mol. The van der Waals surface area contributed by atoms with Gasteiger partial charge < -0.3 is 14.6 Å². The van der Waals surface area contributed by atoms with Gasteiger partial charge in [0.1, 0.15) is 0 Å². The molecule has 19 heavy (non-hydrogen) atoms. The Morgan fingerprint density at radius 1 is 1.47 bits per heavy atom. The second-order valence-corrected chi connectivity index (χ2v) is 3.83. The number of benzene rings is 1. The van der Waals surface area contributed by atoms with E-state index in [1.165, 1.54) is 19.2 Å².